The number of esters is 1. The van der Waals surface area contributed by atoms with Gasteiger partial charge in [0.15, 0.2) is 5.78 Å². The van der Waals surface area contributed by atoms with E-state index in [1.165, 1.54) is 0 Å². The molecule has 1 aromatic heterocycles. The van der Waals surface area contributed by atoms with Crippen molar-refractivity contribution in [3.05, 3.63) is 106 Å². The topological polar surface area (TPSA) is 76.2 Å². The van der Waals surface area contributed by atoms with E-state index in [9.17, 15) is 14.4 Å². The van der Waals surface area contributed by atoms with E-state index in [2.05, 4.69) is 11.6 Å². The summed E-state index contributed by atoms with van der Waals surface area (Å²) >= 11 is 0. The Hall–Kier alpha value is -3.73. The number of rotatable bonds is 13. The number of carbonyl (C=O) groups excluding carboxylic acids is 3. The minimum atomic E-state index is -0.381. The first-order valence-corrected chi connectivity index (χ1v) is 12.5. The highest BCUT2D eigenvalue weighted by molar-refractivity contribution is 5.96. The first kappa shape index (κ1) is 26.9. The summed E-state index contributed by atoms with van der Waals surface area (Å²) in [6, 6.07) is 14.7. The molecule has 0 aliphatic rings. The third kappa shape index (κ3) is 7.64. The molecule has 5 nitrogen and oxygen atoms in total. The lowest BCUT2D eigenvalue weighted by molar-refractivity contribution is -0.118. The van der Waals surface area contributed by atoms with Gasteiger partial charge in [-0.1, -0.05) is 42.0 Å². The maximum Gasteiger partial charge on any atom is 0.338 e. The summed E-state index contributed by atoms with van der Waals surface area (Å²) in [6.45, 7) is 9.47. The Morgan fingerprint density at radius 2 is 1.75 bits per heavy atom. The van der Waals surface area contributed by atoms with Crippen LogP contribution in [-0.2, 0) is 35.2 Å². The number of nitrogens with one attached hydrogen (secondary N) is 1. The van der Waals surface area contributed by atoms with Gasteiger partial charge in [0.25, 0.3) is 0 Å². The molecule has 0 saturated carbocycles. The first-order chi connectivity index (χ1) is 17.3. The number of aromatic nitrogens is 1. The lowest BCUT2D eigenvalue weighted by atomic mass is 9.97. The Kier molecular flexibility index (Phi) is 9.57. The molecule has 0 aliphatic carbocycles. The average Bonchev–Trinajstić information content (AvgIpc) is 3.22. The zero-order valence-electron chi connectivity index (χ0n) is 21.4. The molecule has 0 atom stereocenters. The molecule has 5 heteroatoms. The number of carbonyl (C=O) groups is 3. The van der Waals surface area contributed by atoms with E-state index in [4.69, 9.17) is 4.74 Å². The molecule has 1 N–H and O–H groups in total. The summed E-state index contributed by atoms with van der Waals surface area (Å²) < 4.78 is 5.25. The summed E-state index contributed by atoms with van der Waals surface area (Å²) in [6.07, 6.45) is 6.58. The SMILES string of the molecule is C=CCc1c(CCC(=O)c2cccc(C)c2)c[nH]c1CCC(=O)Cc1cccc(C(=O)OC(C)C)c1. The predicted molar refractivity (Wildman–Crippen MR) is 143 cm³/mol. The Labute approximate surface area is 213 Å². The second kappa shape index (κ2) is 12.8. The van der Waals surface area contributed by atoms with Crippen molar-refractivity contribution in [3.8, 4) is 0 Å². The van der Waals surface area contributed by atoms with Crippen LogP contribution in [-0.4, -0.2) is 28.6 Å². The molecular weight excluding hydrogens is 450 g/mol. The smallest absolute Gasteiger partial charge is 0.338 e. The number of hydrogen-bond acceptors (Lipinski definition) is 4. The van der Waals surface area contributed by atoms with Crippen molar-refractivity contribution in [1.82, 2.24) is 4.98 Å². The second-order valence-corrected chi connectivity index (χ2v) is 9.43. The lowest BCUT2D eigenvalue weighted by Gasteiger charge is -2.09. The molecule has 0 unspecified atom stereocenters. The van der Waals surface area contributed by atoms with Gasteiger partial charge in [0.2, 0.25) is 0 Å². The van der Waals surface area contributed by atoms with Gasteiger partial charge >= 0.3 is 5.97 Å². The highest BCUT2D eigenvalue weighted by Crippen LogP contribution is 2.21. The Balaban J connectivity index is 1.59. The zero-order valence-corrected chi connectivity index (χ0v) is 21.4. The van der Waals surface area contributed by atoms with Crippen molar-refractivity contribution in [2.24, 2.45) is 0 Å². The molecule has 1 heterocycles. The number of aromatic amines is 1. The predicted octanol–water partition coefficient (Wildman–Crippen LogP) is 6.18. The standard InChI is InChI=1S/C31H35NO4/c1-5-8-28-26(13-16-30(34)24-11-6-9-22(4)17-24)20-32-29(28)15-14-27(33)19-23-10-7-12-25(18-23)31(35)36-21(2)3/h5-7,9-12,17-18,20-21,32H,1,8,13-16,19H2,2-4H3. The van der Waals surface area contributed by atoms with E-state index in [0.29, 0.717) is 37.7 Å². The summed E-state index contributed by atoms with van der Waals surface area (Å²) in [7, 11) is 0. The van der Waals surface area contributed by atoms with E-state index in [1.807, 2.05) is 49.5 Å². The van der Waals surface area contributed by atoms with E-state index < -0.39 is 0 Å². The number of aryl methyl sites for hydroxylation is 3. The largest absolute Gasteiger partial charge is 0.459 e. The normalized spacial score (nSPS) is 10.9. The third-order valence-electron chi connectivity index (χ3n) is 6.04. The number of allylic oxidation sites excluding steroid dienone is 1. The van der Waals surface area contributed by atoms with Crippen LogP contribution >= 0.6 is 0 Å². The number of ether oxygens (including phenoxy) is 1. The maximum absolute atomic E-state index is 12.7. The van der Waals surface area contributed by atoms with Crippen LogP contribution in [0.2, 0.25) is 0 Å². The molecule has 3 rings (SSSR count). The lowest BCUT2D eigenvalue weighted by Crippen LogP contribution is -2.12. The fourth-order valence-corrected chi connectivity index (χ4v) is 4.27. The van der Waals surface area contributed by atoms with Crippen LogP contribution in [0.15, 0.2) is 67.4 Å². The van der Waals surface area contributed by atoms with Gasteiger partial charge in [0, 0.05) is 36.7 Å². The van der Waals surface area contributed by atoms with E-state index in [1.54, 1.807) is 32.0 Å². The van der Waals surface area contributed by atoms with Gasteiger partial charge in [-0.25, -0.2) is 4.79 Å². The van der Waals surface area contributed by atoms with Crippen LogP contribution in [0, 0.1) is 6.92 Å². The molecule has 0 fully saturated rings. The number of H-pyrrole nitrogens is 1. The molecule has 0 saturated heterocycles. The highest BCUT2D eigenvalue weighted by atomic mass is 16.5. The van der Waals surface area contributed by atoms with Gasteiger partial charge in [-0.2, -0.15) is 0 Å². The Morgan fingerprint density at radius 3 is 2.47 bits per heavy atom. The van der Waals surface area contributed by atoms with E-state index in [-0.39, 0.29) is 30.1 Å². The maximum atomic E-state index is 12.7. The van der Waals surface area contributed by atoms with Gasteiger partial charge in [-0.3, -0.25) is 9.59 Å². The van der Waals surface area contributed by atoms with Crippen LogP contribution in [0.4, 0.5) is 0 Å². The summed E-state index contributed by atoms with van der Waals surface area (Å²) in [4.78, 5) is 40.9. The van der Waals surface area contributed by atoms with Gasteiger partial charge in [-0.05, 0) is 74.9 Å². The van der Waals surface area contributed by atoms with Crippen molar-refractivity contribution in [2.45, 2.75) is 65.4 Å². The van der Waals surface area contributed by atoms with Gasteiger partial charge in [0.05, 0.1) is 11.7 Å². The highest BCUT2D eigenvalue weighted by Gasteiger charge is 2.15. The van der Waals surface area contributed by atoms with Crippen molar-refractivity contribution in [3.63, 3.8) is 0 Å². The molecule has 188 valence electrons. The van der Waals surface area contributed by atoms with E-state index >= 15 is 0 Å². The first-order valence-electron chi connectivity index (χ1n) is 12.5. The second-order valence-electron chi connectivity index (χ2n) is 9.43. The minimum Gasteiger partial charge on any atom is -0.459 e. The fourth-order valence-electron chi connectivity index (χ4n) is 4.27. The average molecular weight is 486 g/mol. The van der Waals surface area contributed by atoms with Gasteiger partial charge in [-0.15, -0.1) is 6.58 Å². The van der Waals surface area contributed by atoms with E-state index in [0.717, 1.165) is 33.5 Å². The van der Waals surface area contributed by atoms with Gasteiger partial charge in [0.1, 0.15) is 5.78 Å². The van der Waals surface area contributed by atoms with Crippen molar-refractivity contribution in [1.29, 1.82) is 0 Å². The minimum absolute atomic E-state index is 0.0969. The number of hydrogen-bond donors (Lipinski definition) is 1. The monoisotopic (exact) mass is 485 g/mol. The van der Waals surface area contributed by atoms with Crippen molar-refractivity contribution in [2.75, 3.05) is 0 Å². The van der Waals surface area contributed by atoms with Crippen molar-refractivity contribution < 1.29 is 19.1 Å². The molecule has 36 heavy (non-hydrogen) atoms. The molecule has 0 bridgehead atoms. The molecular formula is C31H35NO4. The Morgan fingerprint density at radius 1 is 1.00 bits per heavy atom. The van der Waals surface area contributed by atoms with Crippen LogP contribution in [0.1, 0.15) is 75.4 Å². The molecule has 0 amide bonds. The third-order valence-corrected chi connectivity index (χ3v) is 6.04. The van der Waals surface area contributed by atoms with Crippen LogP contribution in [0.25, 0.3) is 0 Å². The quantitative estimate of drug-likeness (QED) is 0.178. The van der Waals surface area contributed by atoms with Crippen molar-refractivity contribution >= 4 is 17.5 Å². The molecule has 0 spiro atoms. The number of Topliss-reactive ketones (excluding diaryl/α,β-unsaturated/α-hetero) is 2. The summed E-state index contributed by atoms with van der Waals surface area (Å²) in [5, 5.41) is 0. The van der Waals surface area contributed by atoms with Crippen LogP contribution < -0.4 is 0 Å². The van der Waals surface area contributed by atoms with Gasteiger partial charge < -0.3 is 9.72 Å². The fraction of sp³-hybridized carbons (Fsp3) is 0.323. The molecule has 2 aromatic carbocycles. The molecule has 0 aliphatic heterocycles. The number of benzene rings is 2. The zero-order chi connectivity index (χ0) is 26.1. The molecule has 0 radical (unpaired) electrons. The van der Waals surface area contributed by atoms with Crippen LogP contribution in [0.5, 0.6) is 0 Å². The molecule has 3 aromatic rings. The summed E-state index contributed by atoms with van der Waals surface area (Å²) in [5.74, 6) is -0.159. The summed E-state index contributed by atoms with van der Waals surface area (Å²) in [5.41, 5.74) is 6.29. The Bertz CT molecular complexity index is 1230. The number of ketones is 2. The van der Waals surface area contributed by atoms with Crippen LogP contribution in [0.3, 0.4) is 0 Å².